The Bertz CT molecular complexity index is 1060. The molecule has 134 valence electrons. The van der Waals surface area contributed by atoms with Crippen LogP contribution >= 0.6 is 0 Å². The molecular formula is C19H17NO5S. The van der Waals surface area contributed by atoms with E-state index >= 15 is 0 Å². The van der Waals surface area contributed by atoms with E-state index in [9.17, 15) is 13.2 Å². The van der Waals surface area contributed by atoms with Crippen molar-refractivity contribution in [1.82, 2.24) is 4.47 Å². The Morgan fingerprint density at radius 1 is 0.962 bits per heavy atom. The highest BCUT2D eigenvalue weighted by molar-refractivity contribution is 7.89. The molecule has 0 radical (unpaired) electrons. The second-order valence-electron chi connectivity index (χ2n) is 5.49. The minimum Gasteiger partial charge on any atom is -0.422 e. The predicted molar refractivity (Wildman–Crippen MR) is 97.3 cm³/mol. The van der Waals surface area contributed by atoms with Gasteiger partial charge < -0.3 is 4.74 Å². The maximum atomic E-state index is 12.5. The van der Waals surface area contributed by atoms with Gasteiger partial charge in [-0.25, -0.2) is 13.2 Å². The van der Waals surface area contributed by atoms with Gasteiger partial charge in [-0.15, -0.1) is 0 Å². The number of fused-ring (bicyclic) bond motifs is 1. The minimum absolute atomic E-state index is 0.0609. The third-order valence-corrected chi connectivity index (χ3v) is 5.59. The van der Waals surface area contributed by atoms with Crippen LogP contribution in [0.1, 0.15) is 10.4 Å². The van der Waals surface area contributed by atoms with E-state index in [4.69, 9.17) is 9.57 Å². The predicted octanol–water partition coefficient (Wildman–Crippen LogP) is 3.24. The molecule has 0 fully saturated rings. The standard InChI is InChI=1S/C19H17NO5S/c1-20(24-2)26(22,23)16-10-5-9-15(13-16)19(21)25-18-12-6-8-14-7-3-4-11-17(14)18/h3-13H,1-2H3. The number of carbonyl (C=O) groups is 1. The third kappa shape index (κ3) is 3.45. The zero-order chi connectivity index (χ0) is 18.7. The third-order valence-electron chi connectivity index (χ3n) is 3.92. The number of nitrogens with zero attached hydrogens (tertiary/aromatic N) is 1. The lowest BCUT2D eigenvalue weighted by atomic mass is 10.1. The number of rotatable bonds is 5. The fourth-order valence-corrected chi connectivity index (χ4v) is 3.49. The zero-order valence-electron chi connectivity index (χ0n) is 14.2. The second-order valence-corrected chi connectivity index (χ2v) is 7.43. The number of hydroxylamine groups is 1. The Morgan fingerprint density at radius 2 is 1.65 bits per heavy atom. The van der Waals surface area contributed by atoms with Gasteiger partial charge in [-0.2, -0.15) is 0 Å². The summed E-state index contributed by atoms with van der Waals surface area (Å²) in [4.78, 5) is 17.2. The molecule has 0 saturated heterocycles. The van der Waals surface area contributed by atoms with Gasteiger partial charge in [-0.1, -0.05) is 46.9 Å². The summed E-state index contributed by atoms with van der Waals surface area (Å²) >= 11 is 0. The average molecular weight is 371 g/mol. The molecule has 0 unspecified atom stereocenters. The molecule has 0 spiro atoms. The smallest absolute Gasteiger partial charge is 0.343 e. The van der Waals surface area contributed by atoms with E-state index in [-0.39, 0.29) is 10.5 Å². The molecule has 3 aromatic carbocycles. The first kappa shape index (κ1) is 18.1. The van der Waals surface area contributed by atoms with Gasteiger partial charge in [0.2, 0.25) is 0 Å². The number of benzene rings is 3. The Morgan fingerprint density at radius 3 is 2.42 bits per heavy atom. The van der Waals surface area contributed by atoms with Crippen LogP contribution in [0.4, 0.5) is 0 Å². The molecule has 0 aliphatic carbocycles. The van der Waals surface area contributed by atoms with Gasteiger partial charge in [-0.3, -0.25) is 4.84 Å². The first-order valence-electron chi connectivity index (χ1n) is 7.76. The Kier molecular flexibility index (Phi) is 5.03. The summed E-state index contributed by atoms with van der Waals surface area (Å²) in [7, 11) is -1.33. The van der Waals surface area contributed by atoms with Gasteiger partial charge in [0.15, 0.2) is 0 Å². The molecule has 7 heteroatoms. The molecule has 0 aliphatic rings. The fraction of sp³-hybridized carbons (Fsp3) is 0.105. The van der Waals surface area contributed by atoms with Crippen molar-refractivity contribution in [3.63, 3.8) is 0 Å². The Hall–Kier alpha value is -2.74. The molecule has 0 N–H and O–H groups in total. The number of ether oxygens (including phenoxy) is 1. The van der Waals surface area contributed by atoms with Gasteiger partial charge in [0.25, 0.3) is 10.0 Å². The molecule has 0 amide bonds. The number of hydrogen-bond acceptors (Lipinski definition) is 5. The molecule has 3 aromatic rings. The molecule has 3 rings (SSSR count). The van der Waals surface area contributed by atoms with Gasteiger partial charge in [0.05, 0.1) is 17.6 Å². The minimum atomic E-state index is -3.85. The van der Waals surface area contributed by atoms with E-state index in [1.165, 1.54) is 38.4 Å². The largest absolute Gasteiger partial charge is 0.422 e. The van der Waals surface area contributed by atoms with E-state index in [2.05, 4.69) is 0 Å². The van der Waals surface area contributed by atoms with Crippen LogP contribution in [0.2, 0.25) is 0 Å². The summed E-state index contributed by atoms with van der Waals surface area (Å²) in [5, 5.41) is 1.74. The summed E-state index contributed by atoms with van der Waals surface area (Å²) in [5.41, 5.74) is 0.128. The summed E-state index contributed by atoms with van der Waals surface area (Å²) in [6, 6.07) is 18.6. The van der Waals surface area contributed by atoms with Crippen molar-refractivity contribution in [3.05, 3.63) is 72.3 Å². The van der Waals surface area contributed by atoms with E-state index in [0.29, 0.717) is 5.75 Å². The first-order valence-corrected chi connectivity index (χ1v) is 9.20. The van der Waals surface area contributed by atoms with Crippen LogP contribution in [0.5, 0.6) is 5.75 Å². The van der Waals surface area contributed by atoms with Gasteiger partial charge in [-0.05, 0) is 29.7 Å². The van der Waals surface area contributed by atoms with Gasteiger partial charge in [0, 0.05) is 12.4 Å². The van der Waals surface area contributed by atoms with Crippen LogP contribution in [0, 0.1) is 0 Å². The van der Waals surface area contributed by atoms with Crippen molar-refractivity contribution < 1.29 is 22.8 Å². The first-order chi connectivity index (χ1) is 12.4. The highest BCUT2D eigenvalue weighted by atomic mass is 32.2. The molecule has 0 aromatic heterocycles. The van der Waals surface area contributed by atoms with Crippen LogP contribution in [0.3, 0.4) is 0 Å². The van der Waals surface area contributed by atoms with Crippen molar-refractivity contribution in [2.45, 2.75) is 4.90 Å². The van der Waals surface area contributed by atoms with Crippen molar-refractivity contribution >= 4 is 26.8 Å². The van der Waals surface area contributed by atoms with E-state index < -0.39 is 16.0 Å². The van der Waals surface area contributed by atoms with E-state index in [1.807, 2.05) is 30.3 Å². The highest BCUT2D eigenvalue weighted by Gasteiger charge is 2.22. The maximum Gasteiger partial charge on any atom is 0.343 e. The number of sulfonamides is 1. The molecule has 0 saturated carbocycles. The molecule has 0 bridgehead atoms. The second kappa shape index (κ2) is 7.25. The van der Waals surface area contributed by atoms with E-state index in [0.717, 1.165) is 15.2 Å². The highest BCUT2D eigenvalue weighted by Crippen LogP contribution is 2.26. The summed E-state index contributed by atoms with van der Waals surface area (Å²) in [5.74, 6) is -0.228. The van der Waals surface area contributed by atoms with Crippen molar-refractivity contribution in [1.29, 1.82) is 0 Å². The zero-order valence-corrected chi connectivity index (χ0v) is 15.1. The molecule has 0 atom stereocenters. The quantitative estimate of drug-likeness (QED) is 0.391. The molecule has 0 aliphatic heterocycles. The van der Waals surface area contributed by atoms with E-state index in [1.54, 1.807) is 12.1 Å². The van der Waals surface area contributed by atoms with Crippen molar-refractivity contribution in [2.24, 2.45) is 0 Å². The number of hydrogen-bond donors (Lipinski definition) is 0. The normalized spacial score (nSPS) is 11.7. The molecule has 26 heavy (non-hydrogen) atoms. The maximum absolute atomic E-state index is 12.5. The lowest BCUT2D eigenvalue weighted by molar-refractivity contribution is -0.0258. The Labute approximate surface area is 151 Å². The monoisotopic (exact) mass is 371 g/mol. The number of carbonyl (C=O) groups excluding carboxylic acids is 1. The van der Waals surface area contributed by atoms with Crippen LogP contribution < -0.4 is 4.74 Å². The molecule has 6 nitrogen and oxygen atoms in total. The topological polar surface area (TPSA) is 72.9 Å². The summed E-state index contributed by atoms with van der Waals surface area (Å²) in [6.45, 7) is 0. The molecule has 0 heterocycles. The number of esters is 1. The van der Waals surface area contributed by atoms with Crippen LogP contribution in [0.25, 0.3) is 10.8 Å². The Balaban J connectivity index is 1.93. The SMILES string of the molecule is CON(C)S(=O)(=O)c1cccc(C(=O)Oc2cccc3ccccc23)c1. The average Bonchev–Trinajstić information content (AvgIpc) is 2.67. The van der Waals surface area contributed by atoms with Crippen LogP contribution in [-0.2, 0) is 14.9 Å². The fourth-order valence-electron chi connectivity index (χ4n) is 2.47. The van der Waals surface area contributed by atoms with Crippen LogP contribution in [-0.4, -0.2) is 33.0 Å². The van der Waals surface area contributed by atoms with Gasteiger partial charge in [0.1, 0.15) is 5.75 Å². The molecular weight excluding hydrogens is 354 g/mol. The lowest BCUT2D eigenvalue weighted by Gasteiger charge is -2.14. The summed E-state index contributed by atoms with van der Waals surface area (Å²) in [6.07, 6.45) is 0. The van der Waals surface area contributed by atoms with Crippen LogP contribution in [0.15, 0.2) is 71.6 Å². The van der Waals surface area contributed by atoms with Crippen molar-refractivity contribution in [3.8, 4) is 5.75 Å². The van der Waals surface area contributed by atoms with Crippen molar-refractivity contribution in [2.75, 3.05) is 14.2 Å². The summed E-state index contributed by atoms with van der Waals surface area (Å²) < 4.78 is 30.9. The van der Waals surface area contributed by atoms with Gasteiger partial charge >= 0.3 is 5.97 Å². The lowest BCUT2D eigenvalue weighted by Crippen LogP contribution is -2.26.